The molecule has 0 saturated carbocycles. The molecule has 4 nitrogen and oxygen atoms in total. The molecule has 5 rings (SSSR count). The summed E-state index contributed by atoms with van der Waals surface area (Å²) in [6.45, 7) is 0. The molecule has 2 aromatic heterocycles. The first-order chi connectivity index (χ1) is 14.2. The van der Waals surface area contributed by atoms with Crippen molar-refractivity contribution in [2.75, 3.05) is 5.32 Å². The third kappa shape index (κ3) is 3.50. The zero-order valence-electron chi connectivity index (χ0n) is 15.3. The zero-order valence-corrected chi connectivity index (χ0v) is 16.9. The lowest BCUT2D eigenvalue weighted by atomic mass is 10.1. The average Bonchev–Trinajstić information content (AvgIpc) is 3.31. The van der Waals surface area contributed by atoms with Crippen molar-refractivity contribution in [3.05, 3.63) is 89.0 Å². The van der Waals surface area contributed by atoms with Gasteiger partial charge in [-0.2, -0.15) is 0 Å². The van der Waals surface area contributed by atoms with E-state index >= 15 is 0 Å². The first-order valence-electron chi connectivity index (χ1n) is 9.16. The van der Waals surface area contributed by atoms with Crippen LogP contribution in [0.5, 0.6) is 0 Å². The zero-order chi connectivity index (χ0) is 19.8. The maximum Gasteiger partial charge on any atom is 0.230 e. The van der Waals surface area contributed by atoms with Crippen LogP contribution in [-0.2, 0) is 11.2 Å². The topological polar surface area (TPSA) is 46.4 Å². The third-order valence-electron chi connectivity index (χ3n) is 4.83. The molecule has 1 amide bonds. The maximum absolute atomic E-state index is 12.7. The van der Waals surface area contributed by atoms with Crippen molar-refractivity contribution in [1.82, 2.24) is 9.38 Å². The van der Waals surface area contributed by atoms with Crippen LogP contribution in [0.2, 0.25) is 5.02 Å². The van der Waals surface area contributed by atoms with Crippen LogP contribution in [0.1, 0.15) is 5.69 Å². The summed E-state index contributed by atoms with van der Waals surface area (Å²) in [7, 11) is 0. The van der Waals surface area contributed by atoms with Crippen molar-refractivity contribution in [2.24, 2.45) is 0 Å². The molecule has 6 heteroatoms. The normalized spacial score (nSPS) is 11.2. The lowest BCUT2D eigenvalue weighted by Crippen LogP contribution is -2.15. The summed E-state index contributed by atoms with van der Waals surface area (Å²) in [6.07, 6.45) is 2.25. The van der Waals surface area contributed by atoms with E-state index in [2.05, 4.69) is 10.3 Å². The van der Waals surface area contributed by atoms with Gasteiger partial charge < -0.3 is 5.32 Å². The molecule has 5 aromatic rings. The fourth-order valence-electron chi connectivity index (χ4n) is 3.41. The van der Waals surface area contributed by atoms with Gasteiger partial charge in [0.25, 0.3) is 0 Å². The van der Waals surface area contributed by atoms with Gasteiger partial charge in [-0.25, -0.2) is 4.98 Å². The Bertz CT molecular complexity index is 1330. The van der Waals surface area contributed by atoms with Gasteiger partial charge in [-0.1, -0.05) is 60.1 Å². The number of nitrogens with zero attached hydrogens (tertiary/aromatic N) is 2. The second-order valence-electron chi connectivity index (χ2n) is 6.76. The Kier molecular flexibility index (Phi) is 4.54. The lowest BCUT2D eigenvalue weighted by molar-refractivity contribution is -0.115. The van der Waals surface area contributed by atoms with E-state index in [1.165, 1.54) is 11.3 Å². The van der Waals surface area contributed by atoms with Gasteiger partial charge in [0.2, 0.25) is 5.91 Å². The standard InChI is InChI=1S/C23H16ClN3OS/c24-17-10-8-16(9-11-17)21-13-27-18(14-29-23(27)26-21)12-22(28)25-20-7-3-5-15-4-1-2-6-19(15)20/h1-11,13-14H,12H2,(H,25,28). The fourth-order valence-corrected chi connectivity index (χ4v) is 4.41. The van der Waals surface area contributed by atoms with Crippen LogP contribution < -0.4 is 5.32 Å². The number of imidazole rings is 1. The fraction of sp³-hybridized carbons (Fsp3) is 0.0435. The number of halogens is 1. The number of hydrogen-bond donors (Lipinski definition) is 1. The van der Waals surface area contributed by atoms with Gasteiger partial charge in [-0.15, -0.1) is 11.3 Å². The van der Waals surface area contributed by atoms with Crippen molar-refractivity contribution >= 4 is 50.3 Å². The number of nitrogens with one attached hydrogen (secondary N) is 1. The Morgan fingerprint density at radius 1 is 1.03 bits per heavy atom. The minimum atomic E-state index is -0.0530. The highest BCUT2D eigenvalue weighted by molar-refractivity contribution is 7.15. The predicted molar refractivity (Wildman–Crippen MR) is 120 cm³/mol. The number of amides is 1. The third-order valence-corrected chi connectivity index (χ3v) is 5.97. The molecule has 0 bridgehead atoms. The molecule has 3 aromatic carbocycles. The van der Waals surface area contributed by atoms with Crippen molar-refractivity contribution in [3.8, 4) is 11.3 Å². The number of thiazole rings is 1. The summed E-state index contributed by atoms with van der Waals surface area (Å²) in [5, 5.41) is 7.86. The summed E-state index contributed by atoms with van der Waals surface area (Å²) in [6, 6.07) is 21.5. The molecular weight excluding hydrogens is 402 g/mol. The summed E-state index contributed by atoms with van der Waals surface area (Å²) in [5.41, 5.74) is 3.60. The van der Waals surface area contributed by atoms with Crippen LogP contribution in [0.25, 0.3) is 27.0 Å². The number of anilines is 1. The second-order valence-corrected chi connectivity index (χ2v) is 8.04. The highest BCUT2D eigenvalue weighted by Crippen LogP contribution is 2.26. The van der Waals surface area contributed by atoms with E-state index in [0.29, 0.717) is 5.02 Å². The Labute approximate surface area is 176 Å². The predicted octanol–water partition coefficient (Wildman–Crippen LogP) is 6.05. The number of carbonyl (C=O) groups is 1. The SMILES string of the molecule is O=C(Cc1csc2nc(-c3ccc(Cl)cc3)cn12)Nc1cccc2ccccc12. The summed E-state index contributed by atoms with van der Waals surface area (Å²) in [5.74, 6) is -0.0530. The Morgan fingerprint density at radius 2 is 1.83 bits per heavy atom. The first kappa shape index (κ1) is 17.9. The van der Waals surface area contributed by atoms with Crippen LogP contribution in [0, 0.1) is 0 Å². The van der Waals surface area contributed by atoms with Gasteiger partial charge >= 0.3 is 0 Å². The Morgan fingerprint density at radius 3 is 2.69 bits per heavy atom. The highest BCUT2D eigenvalue weighted by atomic mass is 35.5. The molecule has 2 heterocycles. The smallest absolute Gasteiger partial charge is 0.230 e. The van der Waals surface area contributed by atoms with Crippen molar-refractivity contribution < 1.29 is 4.79 Å². The summed E-state index contributed by atoms with van der Waals surface area (Å²) in [4.78, 5) is 18.3. The second kappa shape index (κ2) is 7.35. The van der Waals surface area contributed by atoms with Crippen LogP contribution in [0.3, 0.4) is 0 Å². The number of benzene rings is 3. The van der Waals surface area contributed by atoms with E-state index in [4.69, 9.17) is 11.6 Å². The maximum atomic E-state index is 12.7. The van der Waals surface area contributed by atoms with Gasteiger partial charge in [0.05, 0.1) is 12.1 Å². The monoisotopic (exact) mass is 417 g/mol. The van der Waals surface area contributed by atoms with Crippen molar-refractivity contribution in [1.29, 1.82) is 0 Å². The van der Waals surface area contributed by atoms with E-state index in [1.807, 2.05) is 82.7 Å². The van der Waals surface area contributed by atoms with E-state index in [0.717, 1.165) is 38.4 Å². The van der Waals surface area contributed by atoms with Gasteiger partial charge in [0.1, 0.15) is 0 Å². The van der Waals surface area contributed by atoms with Gasteiger partial charge in [-0.05, 0) is 23.6 Å². The minimum Gasteiger partial charge on any atom is -0.325 e. The molecule has 0 spiro atoms. The van der Waals surface area contributed by atoms with Crippen LogP contribution in [-0.4, -0.2) is 15.3 Å². The van der Waals surface area contributed by atoms with Gasteiger partial charge in [0.15, 0.2) is 4.96 Å². The molecular formula is C23H16ClN3OS. The Hall–Kier alpha value is -3.15. The van der Waals surface area contributed by atoms with E-state index in [-0.39, 0.29) is 12.3 Å². The number of carbonyl (C=O) groups excluding carboxylic acids is 1. The molecule has 0 aliphatic rings. The van der Waals surface area contributed by atoms with Crippen molar-refractivity contribution in [3.63, 3.8) is 0 Å². The molecule has 0 atom stereocenters. The van der Waals surface area contributed by atoms with Crippen LogP contribution in [0.15, 0.2) is 78.3 Å². The average molecular weight is 418 g/mol. The number of rotatable bonds is 4. The molecule has 142 valence electrons. The number of fused-ring (bicyclic) bond motifs is 2. The first-order valence-corrected chi connectivity index (χ1v) is 10.4. The molecule has 0 aliphatic carbocycles. The summed E-state index contributed by atoms with van der Waals surface area (Å²) >= 11 is 7.50. The molecule has 0 saturated heterocycles. The molecule has 0 aliphatic heterocycles. The summed E-state index contributed by atoms with van der Waals surface area (Å²) < 4.78 is 1.98. The number of aromatic nitrogens is 2. The Balaban J connectivity index is 1.40. The van der Waals surface area contributed by atoms with Gasteiger partial charge in [0, 0.05) is 38.9 Å². The van der Waals surface area contributed by atoms with Crippen molar-refractivity contribution in [2.45, 2.75) is 6.42 Å². The molecule has 0 fully saturated rings. The minimum absolute atomic E-state index is 0.0530. The molecule has 1 N–H and O–H groups in total. The largest absolute Gasteiger partial charge is 0.325 e. The van der Waals surface area contributed by atoms with Crippen LogP contribution >= 0.6 is 22.9 Å². The van der Waals surface area contributed by atoms with E-state index in [1.54, 1.807) is 0 Å². The molecule has 0 radical (unpaired) electrons. The highest BCUT2D eigenvalue weighted by Gasteiger charge is 2.13. The lowest BCUT2D eigenvalue weighted by Gasteiger charge is -2.08. The van der Waals surface area contributed by atoms with E-state index < -0.39 is 0 Å². The van der Waals surface area contributed by atoms with Crippen LogP contribution in [0.4, 0.5) is 5.69 Å². The molecule has 29 heavy (non-hydrogen) atoms. The van der Waals surface area contributed by atoms with E-state index in [9.17, 15) is 4.79 Å². The van der Waals surface area contributed by atoms with Gasteiger partial charge in [-0.3, -0.25) is 9.20 Å². The quantitative estimate of drug-likeness (QED) is 0.387. The number of hydrogen-bond acceptors (Lipinski definition) is 3. The molecule has 0 unspecified atom stereocenters.